The largest absolute Gasteiger partial charge is 0.372 e. The topological polar surface area (TPSA) is 21.3 Å². The number of ether oxygens (including phenoxy) is 1. The van der Waals surface area contributed by atoms with Crippen LogP contribution in [-0.2, 0) is 4.74 Å². The Morgan fingerprint density at radius 2 is 1.67 bits per heavy atom. The summed E-state index contributed by atoms with van der Waals surface area (Å²) in [4.78, 5) is 0. The van der Waals surface area contributed by atoms with Crippen LogP contribution < -0.4 is 5.32 Å². The minimum Gasteiger partial charge on any atom is -0.372 e. The van der Waals surface area contributed by atoms with Crippen molar-refractivity contribution >= 4 is 0 Å². The molecule has 0 spiro atoms. The van der Waals surface area contributed by atoms with E-state index in [1.807, 2.05) is 0 Å². The Morgan fingerprint density at radius 3 is 2.17 bits per heavy atom. The maximum absolute atomic E-state index is 5.91. The molecule has 2 nitrogen and oxygen atoms in total. The van der Waals surface area contributed by atoms with Crippen LogP contribution in [0, 0.1) is 5.92 Å². The second-order valence-corrected chi connectivity index (χ2v) is 4.30. The Labute approximate surface area is 74.7 Å². The van der Waals surface area contributed by atoms with E-state index in [-0.39, 0.29) is 0 Å². The molecule has 0 radical (unpaired) electrons. The fraction of sp³-hybridized carbons (Fsp3) is 1.00. The first-order chi connectivity index (χ1) is 5.84. The van der Waals surface area contributed by atoms with Gasteiger partial charge in [-0.2, -0.15) is 0 Å². The summed E-state index contributed by atoms with van der Waals surface area (Å²) in [5.41, 5.74) is 0. The number of hydrogen-bond acceptors (Lipinski definition) is 2. The van der Waals surface area contributed by atoms with Crippen LogP contribution in [-0.4, -0.2) is 25.3 Å². The third-order valence-corrected chi connectivity index (χ3v) is 3.09. The summed E-state index contributed by atoms with van der Waals surface area (Å²) >= 11 is 0. The highest BCUT2D eigenvalue weighted by atomic mass is 16.5. The molecule has 1 heterocycles. The molecule has 1 saturated heterocycles. The summed E-state index contributed by atoms with van der Waals surface area (Å²) in [6.45, 7) is 4.50. The summed E-state index contributed by atoms with van der Waals surface area (Å²) < 4.78 is 5.91. The van der Waals surface area contributed by atoms with Crippen molar-refractivity contribution in [1.29, 1.82) is 0 Å². The van der Waals surface area contributed by atoms with E-state index < -0.39 is 0 Å². The van der Waals surface area contributed by atoms with Crippen molar-refractivity contribution in [2.24, 2.45) is 5.92 Å². The van der Waals surface area contributed by atoms with Gasteiger partial charge in [0, 0.05) is 13.1 Å². The molecule has 1 N–H and O–H groups in total. The van der Waals surface area contributed by atoms with Crippen molar-refractivity contribution < 1.29 is 4.74 Å². The zero-order valence-electron chi connectivity index (χ0n) is 7.88. The van der Waals surface area contributed by atoms with E-state index in [0.29, 0.717) is 12.2 Å². The van der Waals surface area contributed by atoms with Crippen LogP contribution in [0.5, 0.6) is 0 Å². The Hall–Kier alpha value is -0.0800. The van der Waals surface area contributed by atoms with Gasteiger partial charge in [-0.3, -0.25) is 0 Å². The minimum atomic E-state index is 0.531. The van der Waals surface area contributed by atoms with Crippen LogP contribution in [0.1, 0.15) is 32.6 Å². The van der Waals surface area contributed by atoms with Gasteiger partial charge in [-0.1, -0.05) is 6.92 Å². The van der Waals surface area contributed by atoms with Crippen LogP contribution in [0.3, 0.4) is 0 Å². The maximum Gasteiger partial charge on any atom is 0.0827 e. The molecule has 0 unspecified atom stereocenters. The molecule has 0 aromatic carbocycles. The Balaban J connectivity index is 1.67. The fourth-order valence-electron chi connectivity index (χ4n) is 2.00. The molecule has 12 heavy (non-hydrogen) atoms. The lowest BCUT2D eigenvalue weighted by atomic mass is 9.89. The molecule has 0 aromatic heterocycles. The normalized spacial score (nSPS) is 37.8. The number of nitrogens with one attached hydrogen (secondary N) is 1. The van der Waals surface area contributed by atoms with E-state index >= 15 is 0 Å². The fourth-order valence-corrected chi connectivity index (χ4v) is 2.00. The van der Waals surface area contributed by atoms with Crippen molar-refractivity contribution in [3.05, 3.63) is 0 Å². The van der Waals surface area contributed by atoms with Gasteiger partial charge in [-0.15, -0.1) is 0 Å². The van der Waals surface area contributed by atoms with Gasteiger partial charge in [-0.05, 0) is 31.6 Å². The van der Waals surface area contributed by atoms with Gasteiger partial charge in [-0.25, -0.2) is 0 Å². The summed E-state index contributed by atoms with van der Waals surface area (Å²) in [5.74, 6) is 0.935. The maximum atomic E-state index is 5.91. The van der Waals surface area contributed by atoms with E-state index in [1.165, 1.54) is 25.7 Å². The molecule has 2 fully saturated rings. The van der Waals surface area contributed by atoms with E-state index in [0.717, 1.165) is 19.0 Å². The van der Waals surface area contributed by atoms with Gasteiger partial charge in [0.15, 0.2) is 0 Å². The Bertz CT molecular complexity index is 137. The quantitative estimate of drug-likeness (QED) is 0.677. The highest BCUT2D eigenvalue weighted by Gasteiger charge is 2.24. The third-order valence-electron chi connectivity index (χ3n) is 3.09. The first kappa shape index (κ1) is 8.52. The molecule has 2 heteroatoms. The molecule has 2 aliphatic rings. The minimum absolute atomic E-state index is 0.531. The highest BCUT2D eigenvalue weighted by Crippen LogP contribution is 2.26. The SMILES string of the molecule is CC1CCC(OC2CNC2)CC1. The Kier molecular flexibility index (Phi) is 2.66. The molecule has 0 atom stereocenters. The first-order valence-corrected chi connectivity index (χ1v) is 5.21. The molecule has 70 valence electrons. The van der Waals surface area contributed by atoms with Gasteiger partial charge in [0.25, 0.3) is 0 Å². The van der Waals surface area contributed by atoms with Gasteiger partial charge in [0.1, 0.15) is 0 Å². The lowest BCUT2D eigenvalue weighted by molar-refractivity contribution is -0.0565. The van der Waals surface area contributed by atoms with Gasteiger partial charge < -0.3 is 10.1 Å². The van der Waals surface area contributed by atoms with E-state index in [2.05, 4.69) is 12.2 Å². The molecule has 1 saturated carbocycles. The van der Waals surface area contributed by atoms with Crippen molar-refractivity contribution in [3.63, 3.8) is 0 Å². The second-order valence-electron chi connectivity index (χ2n) is 4.30. The summed E-state index contributed by atoms with van der Waals surface area (Å²) in [6.07, 6.45) is 6.42. The van der Waals surface area contributed by atoms with Gasteiger partial charge >= 0.3 is 0 Å². The second kappa shape index (κ2) is 3.75. The van der Waals surface area contributed by atoms with Crippen molar-refractivity contribution in [3.8, 4) is 0 Å². The van der Waals surface area contributed by atoms with Crippen molar-refractivity contribution in [2.75, 3.05) is 13.1 Å². The Morgan fingerprint density at radius 1 is 1.00 bits per heavy atom. The first-order valence-electron chi connectivity index (χ1n) is 5.21. The monoisotopic (exact) mass is 169 g/mol. The van der Waals surface area contributed by atoms with Crippen molar-refractivity contribution in [2.45, 2.75) is 44.8 Å². The molecular formula is C10H19NO. The molecular weight excluding hydrogens is 150 g/mol. The standard InChI is InChI=1S/C10H19NO/c1-8-2-4-9(5-3-8)12-10-6-11-7-10/h8-11H,2-7H2,1H3. The van der Waals surface area contributed by atoms with Crippen molar-refractivity contribution in [1.82, 2.24) is 5.32 Å². The van der Waals surface area contributed by atoms with Crippen LogP contribution in [0.15, 0.2) is 0 Å². The van der Waals surface area contributed by atoms with Crippen LogP contribution in [0.25, 0.3) is 0 Å². The third kappa shape index (κ3) is 1.99. The average Bonchev–Trinajstić information content (AvgIpc) is 2.00. The zero-order chi connectivity index (χ0) is 8.39. The predicted octanol–water partition coefficient (Wildman–Crippen LogP) is 1.55. The lowest BCUT2D eigenvalue weighted by Gasteiger charge is -2.34. The predicted molar refractivity (Wildman–Crippen MR) is 49.2 cm³/mol. The van der Waals surface area contributed by atoms with Gasteiger partial charge in [0.05, 0.1) is 12.2 Å². The van der Waals surface area contributed by atoms with E-state index in [9.17, 15) is 0 Å². The average molecular weight is 169 g/mol. The molecule has 0 bridgehead atoms. The molecule has 1 aliphatic heterocycles. The summed E-state index contributed by atoms with van der Waals surface area (Å²) in [6, 6.07) is 0. The van der Waals surface area contributed by atoms with Crippen LogP contribution in [0.2, 0.25) is 0 Å². The number of hydrogen-bond donors (Lipinski definition) is 1. The molecule has 2 rings (SSSR count). The summed E-state index contributed by atoms with van der Waals surface area (Å²) in [7, 11) is 0. The highest BCUT2D eigenvalue weighted by molar-refractivity contribution is 4.78. The smallest absolute Gasteiger partial charge is 0.0827 e. The molecule has 1 aliphatic carbocycles. The van der Waals surface area contributed by atoms with Gasteiger partial charge in [0.2, 0.25) is 0 Å². The molecule has 0 amide bonds. The zero-order valence-corrected chi connectivity index (χ0v) is 7.88. The summed E-state index contributed by atoms with van der Waals surface area (Å²) in [5, 5.41) is 3.23. The van der Waals surface area contributed by atoms with Crippen LogP contribution in [0.4, 0.5) is 0 Å². The van der Waals surface area contributed by atoms with E-state index in [1.54, 1.807) is 0 Å². The lowest BCUT2D eigenvalue weighted by Crippen LogP contribution is -2.50. The van der Waals surface area contributed by atoms with Crippen LogP contribution >= 0.6 is 0 Å². The molecule has 0 aromatic rings. The van der Waals surface area contributed by atoms with E-state index in [4.69, 9.17) is 4.74 Å². The number of rotatable bonds is 2.